The van der Waals surface area contributed by atoms with Crippen molar-refractivity contribution >= 4 is 33.5 Å². The van der Waals surface area contributed by atoms with Crippen LogP contribution in [0.25, 0.3) is 0 Å². The highest BCUT2D eigenvalue weighted by Crippen LogP contribution is 2.29. The van der Waals surface area contributed by atoms with E-state index in [1.807, 2.05) is 0 Å². The minimum Gasteiger partial charge on any atom is -0.493 e. The SMILES string of the molecule is COC(=O)CC(NC(=O)CCNS(=O)(=O)c1ccc(OC)c(OC)c1)c1ccccc1Cl. The summed E-state index contributed by atoms with van der Waals surface area (Å²) in [6, 6.07) is 10.2. The van der Waals surface area contributed by atoms with Gasteiger partial charge in [-0.1, -0.05) is 29.8 Å². The molecule has 2 aromatic rings. The lowest BCUT2D eigenvalue weighted by atomic mass is 10.0. The van der Waals surface area contributed by atoms with Crippen LogP contribution in [0.4, 0.5) is 0 Å². The fourth-order valence-corrected chi connectivity index (χ4v) is 4.19. The van der Waals surface area contributed by atoms with Gasteiger partial charge >= 0.3 is 5.97 Å². The molecule has 11 heteroatoms. The van der Waals surface area contributed by atoms with E-state index in [2.05, 4.69) is 14.8 Å². The Balaban J connectivity index is 2.02. The Morgan fingerprint density at radius 2 is 1.72 bits per heavy atom. The third-order valence-corrected chi connectivity index (χ3v) is 6.33. The van der Waals surface area contributed by atoms with Crippen LogP contribution in [0.1, 0.15) is 24.4 Å². The van der Waals surface area contributed by atoms with Crippen LogP contribution in [0.5, 0.6) is 11.5 Å². The first kappa shape index (κ1) is 25.4. The van der Waals surface area contributed by atoms with Gasteiger partial charge in [-0.2, -0.15) is 0 Å². The summed E-state index contributed by atoms with van der Waals surface area (Å²) in [7, 11) is 0.204. The predicted molar refractivity (Wildman–Crippen MR) is 118 cm³/mol. The van der Waals surface area contributed by atoms with Gasteiger partial charge in [0.25, 0.3) is 0 Å². The minimum atomic E-state index is -3.88. The molecule has 0 aliphatic carbocycles. The number of methoxy groups -OCH3 is 3. The molecular formula is C21H25ClN2O7S. The minimum absolute atomic E-state index is 0.0322. The Morgan fingerprint density at radius 1 is 1.03 bits per heavy atom. The van der Waals surface area contributed by atoms with Crippen molar-refractivity contribution < 1.29 is 32.2 Å². The van der Waals surface area contributed by atoms with Crippen LogP contribution in [0.2, 0.25) is 5.02 Å². The first-order valence-corrected chi connectivity index (χ1v) is 11.4. The summed E-state index contributed by atoms with van der Waals surface area (Å²) in [5, 5.41) is 3.09. The number of carbonyl (C=O) groups is 2. The van der Waals surface area contributed by atoms with E-state index in [-0.39, 0.29) is 30.0 Å². The molecule has 2 N–H and O–H groups in total. The average Bonchev–Trinajstić information content (AvgIpc) is 2.78. The highest BCUT2D eigenvalue weighted by atomic mass is 35.5. The molecule has 0 aliphatic heterocycles. The first-order chi connectivity index (χ1) is 15.2. The average molecular weight is 485 g/mol. The van der Waals surface area contributed by atoms with Gasteiger partial charge in [0.05, 0.1) is 38.7 Å². The molecule has 0 aromatic heterocycles. The van der Waals surface area contributed by atoms with Gasteiger partial charge in [-0.25, -0.2) is 13.1 Å². The zero-order valence-electron chi connectivity index (χ0n) is 17.9. The number of esters is 1. The second-order valence-corrected chi connectivity index (χ2v) is 8.76. The van der Waals surface area contributed by atoms with E-state index < -0.39 is 27.9 Å². The molecule has 0 heterocycles. The summed E-state index contributed by atoms with van der Waals surface area (Å²) in [5.41, 5.74) is 0.554. The van der Waals surface area contributed by atoms with Crippen LogP contribution in [-0.4, -0.2) is 48.2 Å². The van der Waals surface area contributed by atoms with Crippen molar-refractivity contribution in [2.24, 2.45) is 0 Å². The topological polar surface area (TPSA) is 120 Å². The van der Waals surface area contributed by atoms with Gasteiger partial charge < -0.3 is 19.5 Å². The summed E-state index contributed by atoms with van der Waals surface area (Å²) < 4.78 is 42.4. The summed E-state index contributed by atoms with van der Waals surface area (Å²) >= 11 is 6.19. The van der Waals surface area contributed by atoms with E-state index in [0.29, 0.717) is 16.3 Å². The van der Waals surface area contributed by atoms with Crippen molar-refractivity contribution in [3.63, 3.8) is 0 Å². The maximum absolute atomic E-state index is 12.5. The highest BCUT2D eigenvalue weighted by molar-refractivity contribution is 7.89. The number of sulfonamides is 1. The third-order valence-electron chi connectivity index (χ3n) is 4.52. The maximum Gasteiger partial charge on any atom is 0.307 e. The molecule has 174 valence electrons. The van der Waals surface area contributed by atoms with Crippen molar-refractivity contribution in [1.82, 2.24) is 10.0 Å². The maximum atomic E-state index is 12.5. The molecule has 1 atom stereocenters. The van der Waals surface area contributed by atoms with Crippen LogP contribution >= 0.6 is 11.6 Å². The van der Waals surface area contributed by atoms with E-state index in [4.69, 9.17) is 21.1 Å². The molecule has 1 unspecified atom stereocenters. The fourth-order valence-electron chi connectivity index (χ4n) is 2.88. The van der Waals surface area contributed by atoms with Gasteiger partial charge in [0.2, 0.25) is 15.9 Å². The van der Waals surface area contributed by atoms with Crippen molar-refractivity contribution in [3.05, 3.63) is 53.1 Å². The summed E-state index contributed by atoms with van der Waals surface area (Å²) in [4.78, 5) is 24.2. The Labute approximate surface area is 192 Å². The first-order valence-electron chi connectivity index (χ1n) is 9.54. The quantitative estimate of drug-likeness (QED) is 0.470. The van der Waals surface area contributed by atoms with Crippen LogP contribution in [0.15, 0.2) is 47.4 Å². The summed E-state index contributed by atoms with van der Waals surface area (Å²) in [5.74, 6) is -0.334. The van der Waals surface area contributed by atoms with Crippen LogP contribution in [-0.2, 0) is 24.3 Å². The van der Waals surface area contributed by atoms with Gasteiger partial charge in [0, 0.05) is 24.1 Å². The molecule has 0 spiro atoms. The van der Waals surface area contributed by atoms with Crippen molar-refractivity contribution in [2.75, 3.05) is 27.9 Å². The number of ether oxygens (including phenoxy) is 3. The second-order valence-electron chi connectivity index (χ2n) is 6.59. The number of benzene rings is 2. The van der Waals surface area contributed by atoms with Crippen LogP contribution in [0.3, 0.4) is 0 Å². The molecule has 2 rings (SSSR count). The number of rotatable bonds is 11. The lowest BCUT2D eigenvalue weighted by Gasteiger charge is -2.19. The van der Waals surface area contributed by atoms with E-state index >= 15 is 0 Å². The van der Waals surface area contributed by atoms with Crippen LogP contribution < -0.4 is 19.5 Å². The largest absolute Gasteiger partial charge is 0.493 e. The molecule has 0 fully saturated rings. The molecule has 32 heavy (non-hydrogen) atoms. The predicted octanol–water partition coefficient (Wildman–Crippen LogP) is 2.45. The lowest BCUT2D eigenvalue weighted by molar-refractivity contribution is -0.141. The van der Waals surface area contributed by atoms with E-state index in [9.17, 15) is 18.0 Å². The number of halogens is 1. The number of amides is 1. The second kappa shape index (κ2) is 11.7. The van der Waals surface area contributed by atoms with Gasteiger partial charge in [0.1, 0.15) is 0 Å². The molecule has 1 amide bonds. The van der Waals surface area contributed by atoms with Gasteiger partial charge in [-0.15, -0.1) is 0 Å². The van der Waals surface area contributed by atoms with Gasteiger partial charge in [0.15, 0.2) is 11.5 Å². The monoisotopic (exact) mass is 484 g/mol. The lowest BCUT2D eigenvalue weighted by Crippen LogP contribution is -2.34. The number of hydrogen-bond donors (Lipinski definition) is 2. The molecule has 0 bridgehead atoms. The number of nitrogens with one attached hydrogen (secondary N) is 2. The van der Waals surface area contributed by atoms with Gasteiger partial charge in [-0.3, -0.25) is 9.59 Å². The molecule has 0 saturated carbocycles. The van der Waals surface area contributed by atoms with E-state index in [1.54, 1.807) is 24.3 Å². The molecule has 0 aliphatic rings. The molecule has 2 aromatic carbocycles. The zero-order chi connectivity index (χ0) is 23.7. The van der Waals surface area contributed by atoms with Crippen molar-refractivity contribution in [2.45, 2.75) is 23.8 Å². The highest BCUT2D eigenvalue weighted by Gasteiger charge is 2.22. The number of carbonyl (C=O) groups excluding carboxylic acids is 2. The third kappa shape index (κ3) is 6.84. The normalized spacial score (nSPS) is 12.0. The molecule has 9 nitrogen and oxygen atoms in total. The Morgan fingerprint density at radius 3 is 2.34 bits per heavy atom. The smallest absolute Gasteiger partial charge is 0.307 e. The Hall–Kier alpha value is -2.82. The molecular weight excluding hydrogens is 460 g/mol. The Bertz CT molecular complexity index is 1060. The fraction of sp³-hybridized carbons (Fsp3) is 0.333. The van der Waals surface area contributed by atoms with Crippen molar-refractivity contribution in [3.8, 4) is 11.5 Å². The van der Waals surface area contributed by atoms with E-state index in [0.717, 1.165) is 0 Å². The zero-order valence-corrected chi connectivity index (χ0v) is 19.5. The number of hydrogen-bond acceptors (Lipinski definition) is 7. The summed E-state index contributed by atoms with van der Waals surface area (Å²) in [6.07, 6.45) is -0.280. The standard InChI is InChI=1S/C21H25ClN2O7S/c1-29-18-9-8-14(12-19(18)30-2)32(27,28)23-11-10-20(25)24-17(13-21(26)31-3)15-6-4-5-7-16(15)22/h4-9,12,17,23H,10-11,13H2,1-3H3,(H,24,25). The summed E-state index contributed by atoms with van der Waals surface area (Å²) in [6.45, 7) is -0.157. The van der Waals surface area contributed by atoms with Crippen molar-refractivity contribution in [1.29, 1.82) is 0 Å². The van der Waals surface area contributed by atoms with Crippen LogP contribution in [0, 0.1) is 0 Å². The molecule has 0 saturated heterocycles. The van der Waals surface area contributed by atoms with E-state index in [1.165, 1.54) is 39.5 Å². The molecule has 0 radical (unpaired) electrons. The van der Waals surface area contributed by atoms with Gasteiger partial charge in [-0.05, 0) is 23.8 Å². The Kier molecular flexibility index (Phi) is 9.30.